The van der Waals surface area contributed by atoms with E-state index in [2.05, 4.69) is 4.99 Å². The Balaban J connectivity index is 2.15. The molecule has 0 unspecified atom stereocenters. The van der Waals surface area contributed by atoms with Gasteiger partial charge in [-0.05, 0) is 35.7 Å². The summed E-state index contributed by atoms with van der Waals surface area (Å²) in [5.41, 5.74) is 2.24. The highest BCUT2D eigenvalue weighted by Crippen LogP contribution is 2.34. The lowest BCUT2D eigenvalue weighted by atomic mass is 9.94. The zero-order valence-corrected chi connectivity index (χ0v) is 11.9. The van der Waals surface area contributed by atoms with Crippen LogP contribution in [0.15, 0.2) is 47.5 Å². The van der Waals surface area contributed by atoms with Crippen molar-refractivity contribution in [2.45, 2.75) is 13.1 Å². The van der Waals surface area contributed by atoms with Crippen molar-refractivity contribution in [1.82, 2.24) is 0 Å². The van der Waals surface area contributed by atoms with Gasteiger partial charge in [0.15, 0.2) is 0 Å². The molecule has 114 valence electrons. The van der Waals surface area contributed by atoms with Gasteiger partial charge in [0.05, 0.1) is 12.1 Å². The molecule has 0 aromatic heterocycles. The number of benzene rings is 2. The summed E-state index contributed by atoms with van der Waals surface area (Å²) in [6, 6.07) is 10.8. The minimum atomic E-state index is -4.36. The number of hydrogen-bond acceptors (Lipinski definition) is 2. The molecule has 2 nitrogen and oxygen atoms in total. The minimum absolute atomic E-state index is 0.505. The Bertz CT molecular complexity index is 735. The molecule has 0 saturated heterocycles. The number of nitrogens with zero attached hydrogens (tertiary/aromatic N) is 1. The molecule has 0 bridgehead atoms. The highest BCUT2D eigenvalue weighted by atomic mass is 19.4. The third kappa shape index (κ3) is 2.71. The molecule has 0 aliphatic carbocycles. The summed E-state index contributed by atoms with van der Waals surface area (Å²) in [6.45, 7) is 2.98. The molecule has 1 aliphatic rings. The van der Waals surface area contributed by atoms with Crippen LogP contribution in [0.25, 0.3) is 11.1 Å². The lowest BCUT2D eigenvalue weighted by Crippen LogP contribution is -2.07. The topological polar surface area (TPSA) is 21.6 Å². The summed E-state index contributed by atoms with van der Waals surface area (Å²) in [7, 11) is 0. The second-order valence-corrected chi connectivity index (χ2v) is 5.11. The SMILES string of the molecule is Cc1cccc(-c2cccc(C(F)(F)F)c2)c1C1=NCCO1. The van der Waals surface area contributed by atoms with Crippen molar-refractivity contribution in [2.75, 3.05) is 13.2 Å². The van der Waals surface area contributed by atoms with Gasteiger partial charge in [0.1, 0.15) is 6.61 Å². The van der Waals surface area contributed by atoms with E-state index in [1.165, 1.54) is 6.07 Å². The molecule has 0 spiro atoms. The molecule has 0 atom stereocenters. The fraction of sp³-hybridized carbons (Fsp3) is 0.235. The van der Waals surface area contributed by atoms with Crippen molar-refractivity contribution in [3.8, 4) is 11.1 Å². The second-order valence-electron chi connectivity index (χ2n) is 5.11. The third-order valence-electron chi connectivity index (χ3n) is 3.57. The Morgan fingerprint density at radius 3 is 2.55 bits per heavy atom. The number of ether oxygens (including phenoxy) is 1. The van der Waals surface area contributed by atoms with E-state index in [9.17, 15) is 13.2 Å². The Labute approximate surface area is 126 Å². The lowest BCUT2D eigenvalue weighted by Gasteiger charge is -2.14. The van der Waals surface area contributed by atoms with Crippen LogP contribution >= 0.6 is 0 Å². The average Bonchev–Trinajstić information content (AvgIpc) is 3.00. The van der Waals surface area contributed by atoms with Gasteiger partial charge in [0.2, 0.25) is 5.90 Å². The number of halogens is 3. The van der Waals surface area contributed by atoms with Crippen molar-refractivity contribution in [2.24, 2.45) is 4.99 Å². The van der Waals surface area contributed by atoms with Crippen molar-refractivity contribution in [1.29, 1.82) is 0 Å². The number of hydrogen-bond donors (Lipinski definition) is 0. The van der Waals surface area contributed by atoms with Crippen LogP contribution in [0.1, 0.15) is 16.7 Å². The Kier molecular flexibility index (Phi) is 3.64. The highest BCUT2D eigenvalue weighted by molar-refractivity contribution is 6.02. The average molecular weight is 305 g/mol. The van der Waals surface area contributed by atoms with Gasteiger partial charge in [0.25, 0.3) is 0 Å². The zero-order chi connectivity index (χ0) is 15.7. The van der Waals surface area contributed by atoms with Crippen LogP contribution in [0.3, 0.4) is 0 Å². The maximum absolute atomic E-state index is 12.9. The smallest absolute Gasteiger partial charge is 0.416 e. The van der Waals surface area contributed by atoms with Crippen LogP contribution in [0.4, 0.5) is 13.2 Å². The molecule has 0 saturated carbocycles. The quantitative estimate of drug-likeness (QED) is 0.803. The van der Waals surface area contributed by atoms with E-state index in [0.717, 1.165) is 23.3 Å². The molecule has 2 aromatic carbocycles. The van der Waals surface area contributed by atoms with Crippen molar-refractivity contribution in [3.05, 3.63) is 59.2 Å². The second kappa shape index (κ2) is 5.48. The Hall–Kier alpha value is -2.30. The van der Waals surface area contributed by atoms with Gasteiger partial charge >= 0.3 is 6.18 Å². The van der Waals surface area contributed by atoms with Gasteiger partial charge in [-0.1, -0.05) is 30.3 Å². The van der Waals surface area contributed by atoms with Crippen LogP contribution < -0.4 is 0 Å². The van der Waals surface area contributed by atoms with E-state index in [0.29, 0.717) is 30.2 Å². The Morgan fingerprint density at radius 1 is 1.09 bits per heavy atom. The molecule has 22 heavy (non-hydrogen) atoms. The minimum Gasteiger partial charge on any atom is -0.475 e. The van der Waals surface area contributed by atoms with Crippen molar-refractivity contribution in [3.63, 3.8) is 0 Å². The lowest BCUT2D eigenvalue weighted by molar-refractivity contribution is -0.137. The van der Waals surface area contributed by atoms with Gasteiger partial charge in [-0.3, -0.25) is 0 Å². The number of aryl methyl sites for hydroxylation is 1. The normalized spacial score (nSPS) is 14.6. The molecule has 5 heteroatoms. The number of aliphatic imine (C=N–C) groups is 1. The third-order valence-corrected chi connectivity index (χ3v) is 3.57. The molecule has 1 aliphatic heterocycles. The summed E-state index contributed by atoms with van der Waals surface area (Å²) >= 11 is 0. The van der Waals surface area contributed by atoms with E-state index in [-0.39, 0.29) is 0 Å². The summed E-state index contributed by atoms with van der Waals surface area (Å²) < 4.78 is 44.3. The first-order valence-corrected chi connectivity index (χ1v) is 6.91. The maximum Gasteiger partial charge on any atom is 0.416 e. The van der Waals surface area contributed by atoms with Gasteiger partial charge < -0.3 is 4.74 Å². The molecule has 1 heterocycles. The standard InChI is InChI=1S/C17H14F3NO/c1-11-4-2-7-14(15(11)16-21-8-9-22-16)12-5-3-6-13(10-12)17(18,19)20/h2-7,10H,8-9H2,1H3. The first kappa shape index (κ1) is 14.6. The van der Waals surface area contributed by atoms with Crippen LogP contribution in [-0.4, -0.2) is 19.0 Å². The first-order valence-electron chi connectivity index (χ1n) is 6.91. The van der Waals surface area contributed by atoms with E-state index in [1.807, 2.05) is 19.1 Å². The highest BCUT2D eigenvalue weighted by Gasteiger charge is 2.30. The first-order chi connectivity index (χ1) is 10.5. The van der Waals surface area contributed by atoms with Crippen molar-refractivity contribution < 1.29 is 17.9 Å². The van der Waals surface area contributed by atoms with Crippen LogP contribution in [0.5, 0.6) is 0 Å². The summed E-state index contributed by atoms with van der Waals surface area (Å²) in [4.78, 5) is 4.30. The predicted octanol–water partition coefficient (Wildman–Crippen LogP) is 4.46. The number of rotatable bonds is 2. The number of alkyl halides is 3. The molecular weight excluding hydrogens is 291 g/mol. The van der Waals surface area contributed by atoms with Crippen molar-refractivity contribution >= 4 is 5.90 Å². The molecule has 0 fully saturated rings. The molecule has 0 N–H and O–H groups in total. The maximum atomic E-state index is 12.9. The van der Waals surface area contributed by atoms with Crippen LogP contribution in [0.2, 0.25) is 0 Å². The van der Waals surface area contributed by atoms with E-state index in [1.54, 1.807) is 12.1 Å². The van der Waals surface area contributed by atoms with Gasteiger partial charge in [-0.15, -0.1) is 0 Å². The van der Waals surface area contributed by atoms with E-state index < -0.39 is 11.7 Å². The summed E-state index contributed by atoms with van der Waals surface area (Å²) in [5.74, 6) is 0.505. The van der Waals surface area contributed by atoms with Gasteiger partial charge in [-0.25, -0.2) is 4.99 Å². The summed E-state index contributed by atoms with van der Waals surface area (Å²) in [5, 5.41) is 0. The monoisotopic (exact) mass is 305 g/mol. The molecule has 2 aromatic rings. The zero-order valence-electron chi connectivity index (χ0n) is 11.9. The fourth-order valence-corrected chi connectivity index (χ4v) is 2.54. The fourth-order valence-electron chi connectivity index (χ4n) is 2.54. The largest absolute Gasteiger partial charge is 0.475 e. The molecule has 3 rings (SSSR count). The van der Waals surface area contributed by atoms with E-state index >= 15 is 0 Å². The summed E-state index contributed by atoms with van der Waals surface area (Å²) in [6.07, 6.45) is -4.36. The van der Waals surface area contributed by atoms with Crippen LogP contribution in [-0.2, 0) is 10.9 Å². The van der Waals surface area contributed by atoms with Gasteiger partial charge in [0, 0.05) is 5.56 Å². The molecule has 0 amide bonds. The van der Waals surface area contributed by atoms with Crippen LogP contribution in [0, 0.1) is 6.92 Å². The predicted molar refractivity (Wildman–Crippen MR) is 79.0 cm³/mol. The molecule has 0 radical (unpaired) electrons. The Morgan fingerprint density at radius 2 is 1.86 bits per heavy atom. The van der Waals surface area contributed by atoms with Gasteiger partial charge in [-0.2, -0.15) is 13.2 Å². The van der Waals surface area contributed by atoms with E-state index in [4.69, 9.17) is 4.74 Å². The molecular formula is C17H14F3NO.